The van der Waals surface area contributed by atoms with E-state index in [-0.39, 0.29) is 18.4 Å². The van der Waals surface area contributed by atoms with Gasteiger partial charge in [0.25, 0.3) is 5.91 Å². The summed E-state index contributed by atoms with van der Waals surface area (Å²) in [6.07, 6.45) is 3.10. The normalized spacial score (nSPS) is 15.2. The Kier molecular flexibility index (Phi) is 3.23. The zero-order valence-electron chi connectivity index (χ0n) is 11.2. The molecule has 0 atom stereocenters. The molecule has 0 unspecified atom stereocenters. The number of likely N-dealkylation sites (tertiary alicyclic amines) is 1. The van der Waals surface area contributed by atoms with Gasteiger partial charge in [0.2, 0.25) is 0 Å². The van der Waals surface area contributed by atoms with Crippen molar-refractivity contribution in [1.82, 2.24) is 19.7 Å². The van der Waals surface area contributed by atoms with Gasteiger partial charge in [-0.25, -0.2) is 9.67 Å². The van der Waals surface area contributed by atoms with E-state index in [4.69, 9.17) is 5.11 Å². The molecule has 1 aromatic heterocycles. The number of amides is 1. The Bertz CT molecular complexity index is 618. The molecule has 1 aliphatic heterocycles. The minimum atomic E-state index is 0.0253. The van der Waals surface area contributed by atoms with E-state index < -0.39 is 0 Å². The SMILES string of the molecule is Cc1cc(-n2cncn2)ccc1C(=O)N1CC(CO)C1. The van der Waals surface area contributed by atoms with Crippen LogP contribution in [0, 0.1) is 12.8 Å². The maximum Gasteiger partial charge on any atom is 0.254 e. The molecule has 1 saturated heterocycles. The Morgan fingerprint density at radius 1 is 1.45 bits per heavy atom. The second-order valence-electron chi connectivity index (χ2n) is 5.10. The summed E-state index contributed by atoms with van der Waals surface area (Å²) in [6, 6.07) is 5.60. The highest BCUT2D eigenvalue weighted by Crippen LogP contribution is 2.21. The zero-order chi connectivity index (χ0) is 14.1. The van der Waals surface area contributed by atoms with E-state index in [1.807, 2.05) is 25.1 Å². The van der Waals surface area contributed by atoms with Gasteiger partial charge in [0.15, 0.2) is 0 Å². The minimum Gasteiger partial charge on any atom is -0.396 e. The highest BCUT2D eigenvalue weighted by Gasteiger charge is 2.31. The van der Waals surface area contributed by atoms with Crippen LogP contribution >= 0.6 is 0 Å². The highest BCUT2D eigenvalue weighted by atomic mass is 16.3. The fraction of sp³-hybridized carbons (Fsp3) is 0.357. The van der Waals surface area contributed by atoms with Crippen molar-refractivity contribution in [3.63, 3.8) is 0 Å². The fourth-order valence-electron chi connectivity index (χ4n) is 2.39. The number of aryl methyl sites for hydroxylation is 1. The van der Waals surface area contributed by atoms with E-state index in [0.717, 1.165) is 11.3 Å². The maximum absolute atomic E-state index is 12.3. The lowest BCUT2D eigenvalue weighted by molar-refractivity contribution is 0.0361. The second-order valence-corrected chi connectivity index (χ2v) is 5.10. The van der Waals surface area contributed by atoms with Crippen LogP contribution in [0.1, 0.15) is 15.9 Å². The molecule has 0 aliphatic carbocycles. The largest absolute Gasteiger partial charge is 0.396 e. The maximum atomic E-state index is 12.3. The molecule has 0 bridgehead atoms. The zero-order valence-corrected chi connectivity index (χ0v) is 11.2. The van der Waals surface area contributed by atoms with E-state index in [1.165, 1.54) is 6.33 Å². The number of carbonyl (C=O) groups is 1. The van der Waals surface area contributed by atoms with Gasteiger partial charge in [0.1, 0.15) is 12.7 Å². The first-order chi connectivity index (χ1) is 9.69. The lowest BCUT2D eigenvalue weighted by atomic mass is 9.98. The van der Waals surface area contributed by atoms with Gasteiger partial charge in [-0.15, -0.1) is 0 Å². The monoisotopic (exact) mass is 272 g/mol. The molecule has 104 valence electrons. The average molecular weight is 272 g/mol. The molecule has 1 fully saturated rings. The third-order valence-electron chi connectivity index (χ3n) is 3.63. The van der Waals surface area contributed by atoms with Crippen molar-refractivity contribution >= 4 is 5.91 Å². The smallest absolute Gasteiger partial charge is 0.254 e. The van der Waals surface area contributed by atoms with Crippen molar-refractivity contribution in [1.29, 1.82) is 0 Å². The van der Waals surface area contributed by atoms with Gasteiger partial charge in [-0.05, 0) is 30.7 Å². The third-order valence-corrected chi connectivity index (χ3v) is 3.63. The van der Waals surface area contributed by atoms with Gasteiger partial charge in [-0.3, -0.25) is 4.79 Å². The molecule has 0 spiro atoms. The van der Waals surface area contributed by atoms with Crippen LogP contribution in [0.5, 0.6) is 0 Å². The Balaban J connectivity index is 1.80. The van der Waals surface area contributed by atoms with Crippen LogP contribution in [0.15, 0.2) is 30.9 Å². The molecule has 20 heavy (non-hydrogen) atoms. The number of carbonyl (C=O) groups excluding carboxylic acids is 1. The molecule has 1 amide bonds. The van der Waals surface area contributed by atoms with Crippen molar-refractivity contribution in [2.45, 2.75) is 6.92 Å². The van der Waals surface area contributed by atoms with Gasteiger partial charge in [0.05, 0.1) is 5.69 Å². The van der Waals surface area contributed by atoms with Crippen molar-refractivity contribution < 1.29 is 9.90 Å². The summed E-state index contributed by atoms with van der Waals surface area (Å²) in [5.41, 5.74) is 2.49. The van der Waals surface area contributed by atoms with Crippen LogP contribution in [0.2, 0.25) is 0 Å². The van der Waals surface area contributed by atoms with Gasteiger partial charge in [0, 0.05) is 31.2 Å². The lowest BCUT2D eigenvalue weighted by Gasteiger charge is -2.38. The number of aliphatic hydroxyl groups excluding tert-OH is 1. The van der Waals surface area contributed by atoms with Crippen molar-refractivity contribution in [3.05, 3.63) is 42.0 Å². The van der Waals surface area contributed by atoms with Crippen molar-refractivity contribution in [2.24, 2.45) is 5.92 Å². The van der Waals surface area contributed by atoms with Crippen molar-refractivity contribution in [2.75, 3.05) is 19.7 Å². The Hall–Kier alpha value is -2.21. The standard InChI is InChI=1S/C14H16N4O2/c1-10-4-12(18-9-15-8-16-18)2-3-13(10)14(20)17-5-11(6-17)7-19/h2-4,8-9,11,19H,5-7H2,1H3. The molecule has 3 rings (SSSR count). The molecular weight excluding hydrogens is 256 g/mol. The number of rotatable bonds is 3. The summed E-state index contributed by atoms with van der Waals surface area (Å²) < 4.78 is 1.66. The lowest BCUT2D eigenvalue weighted by Crippen LogP contribution is -2.51. The van der Waals surface area contributed by atoms with Crippen LogP contribution in [0.3, 0.4) is 0 Å². The summed E-state index contributed by atoms with van der Waals surface area (Å²) in [5.74, 6) is 0.256. The van der Waals surface area contributed by atoms with E-state index in [2.05, 4.69) is 10.1 Å². The van der Waals surface area contributed by atoms with Crippen molar-refractivity contribution in [3.8, 4) is 5.69 Å². The highest BCUT2D eigenvalue weighted by molar-refractivity contribution is 5.96. The molecule has 6 nitrogen and oxygen atoms in total. The summed E-state index contributed by atoms with van der Waals surface area (Å²) in [5, 5.41) is 13.1. The van der Waals surface area contributed by atoms with Crippen LogP contribution in [-0.4, -0.2) is 50.4 Å². The number of benzene rings is 1. The van der Waals surface area contributed by atoms with Gasteiger partial charge in [-0.1, -0.05) is 0 Å². The summed E-state index contributed by atoms with van der Waals surface area (Å²) in [6.45, 7) is 3.34. The molecular formula is C14H16N4O2. The molecule has 1 aromatic carbocycles. The molecule has 6 heteroatoms. The second kappa shape index (κ2) is 5.05. The van der Waals surface area contributed by atoms with Gasteiger partial charge < -0.3 is 10.0 Å². The summed E-state index contributed by atoms with van der Waals surface area (Å²) >= 11 is 0. The van der Waals surface area contributed by atoms with Crippen LogP contribution in [0.4, 0.5) is 0 Å². The predicted molar refractivity (Wildman–Crippen MR) is 72.6 cm³/mol. The van der Waals surface area contributed by atoms with Gasteiger partial charge in [-0.2, -0.15) is 5.10 Å². The predicted octanol–water partition coefficient (Wildman–Crippen LogP) is 0.640. The average Bonchev–Trinajstić information content (AvgIpc) is 2.91. The van der Waals surface area contributed by atoms with Crippen LogP contribution in [-0.2, 0) is 0 Å². The Labute approximate surface area is 116 Å². The first-order valence-electron chi connectivity index (χ1n) is 6.55. The molecule has 0 radical (unpaired) electrons. The number of nitrogens with zero attached hydrogens (tertiary/aromatic N) is 4. The molecule has 1 N–H and O–H groups in total. The first-order valence-corrected chi connectivity index (χ1v) is 6.55. The molecule has 1 aliphatic rings. The number of hydrogen-bond acceptors (Lipinski definition) is 4. The number of aliphatic hydroxyl groups is 1. The quantitative estimate of drug-likeness (QED) is 0.890. The van der Waals surface area contributed by atoms with E-state index in [1.54, 1.807) is 15.9 Å². The third kappa shape index (κ3) is 2.18. The minimum absolute atomic E-state index is 0.0253. The fourth-order valence-corrected chi connectivity index (χ4v) is 2.39. The van der Waals surface area contributed by atoms with E-state index in [9.17, 15) is 4.79 Å². The number of aromatic nitrogens is 3. The first kappa shape index (κ1) is 12.8. The molecule has 2 aromatic rings. The van der Waals surface area contributed by atoms with Crippen LogP contribution < -0.4 is 0 Å². The number of hydrogen-bond donors (Lipinski definition) is 1. The topological polar surface area (TPSA) is 71.2 Å². The van der Waals surface area contributed by atoms with E-state index >= 15 is 0 Å². The summed E-state index contributed by atoms with van der Waals surface area (Å²) in [7, 11) is 0. The molecule has 2 heterocycles. The Morgan fingerprint density at radius 2 is 2.25 bits per heavy atom. The van der Waals surface area contributed by atoms with E-state index in [0.29, 0.717) is 18.7 Å². The molecule has 0 saturated carbocycles. The summed E-state index contributed by atoms with van der Waals surface area (Å²) in [4.78, 5) is 18.0. The Morgan fingerprint density at radius 3 is 2.85 bits per heavy atom. The van der Waals surface area contributed by atoms with Gasteiger partial charge >= 0.3 is 0 Å². The van der Waals surface area contributed by atoms with Crippen LogP contribution in [0.25, 0.3) is 5.69 Å².